The number of ether oxygens (including phenoxy) is 1. The molecular weight excluding hydrogens is 212 g/mol. The Bertz CT molecular complexity index is 187. The first-order valence-electron chi connectivity index (χ1n) is 7.33. The minimum atomic E-state index is 0.412. The van der Waals surface area contributed by atoms with Crippen LogP contribution in [0, 0.1) is 0 Å². The lowest BCUT2D eigenvalue weighted by Crippen LogP contribution is -2.48. The van der Waals surface area contributed by atoms with Crippen LogP contribution in [0.15, 0.2) is 0 Å². The second kappa shape index (κ2) is 8.90. The fraction of sp³-hybridized carbons (Fsp3) is 1.00. The molecule has 102 valence electrons. The molecule has 1 rings (SSSR count). The van der Waals surface area contributed by atoms with Gasteiger partial charge in [-0.2, -0.15) is 0 Å². The van der Waals surface area contributed by atoms with Crippen LogP contribution in [0.4, 0.5) is 0 Å². The summed E-state index contributed by atoms with van der Waals surface area (Å²) in [6.07, 6.45) is 8.12. The van der Waals surface area contributed by atoms with Gasteiger partial charge in [-0.05, 0) is 39.3 Å². The molecular formula is C14H30N2O. The van der Waals surface area contributed by atoms with Crippen LogP contribution in [0.3, 0.4) is 0 Å². The van der Waals surface area contributed by atoms with E-state index in [4.69, 9.17) is 10.5 Å². The molecule has 0 saturated carbocycles. The summed E-state index contributed by atoms with van der Waals surface area (Å²) in [5.41, 5.74) is 5.49. The van der Waals surface area contributed by atoms with Crippen molar-refractivity contribution in [1.29, 1.82) is 0 Å². The first-order chi connectivity index (χ1) is 8.27. The molecule has 2 unspecified atom stereocenters. The van der Waals surface area contributed by atoms with Crippen molar-refractivity contribution < 1.29 is 4.74 Å². The van der Waals surface area contributed by atoms with Crippen LogP contribution >= 0.6 is 0 Å². The molecule has 3 nitrogen and oxygen atoms in total. The second-order valence-electron chi connectivity index (χ2n) is 5.26. The predicted octanol–water partition coefficient (Wildman–Crippen LogP) is 2.39. The van der Waals surface area contributed by atoms with Crippen LogP contribution in [0.2, 0.25) is 0 Å². The maximum Gasteiger partial charge on any atom is 0.0674 e. The fourth-order valence-electron chi connectivity index (χ4n) is 2.55. The number of unbranched alkanes of at least 4 members (excludes halogenated alkanes) is 4. The minimum absolute atomic E-state index is 0.412. The van der Waals surface area contributed by atoms with Crippen molar-refractivity contribution in [2.24, 2.45) is 5.73 Å². The molecule has 0 amide bonds. The highest BCUT2D eigenvalue weighted by Crippen LogP contribution is 2.15. The molecule has 2 atom stereocenters. The molecule has 17 heavy (non-hydrogen) atoms. The van der Waals surface area contributed by atoms with Crippen molar-refractivity contribution in [2.45, 2.75) is 64.5 Å². The third kappa shape index (κ3) is 5.84. The highest BCUT2D eigenvalue weighted by atomic mass is 16.5. The van der Waals surface area contributed by atoms with Crippen molar-refractivity contribution in [3.05, 3.63) is 0 Å². The molecule has 0 aromatic carbocycles. The van der Waals surface area contributed by atoms with Gasteiger partial charge >= 0.3 is 0 Å². The van der Waals surface area contributed by atoms with Crippen LogP contribution in [-0.2, 0) is 4.74 Å². The molecule has 0 aliphatic carbocycles. The molecule has 0 bridgehead atoms. The number of hydrogen-bond acceptors (Lipinski definition) is 3. The van der Waals surface area contributed by atoms with Crippen LogP contribution in [0.25, 0.3) is 0 Å². The number of nitrogens with zero attached hydrogens (tertiary/aromatic N) is 1. The Morgan fingerprint density at radius 3 is 2.59 bits per heavy atom. The molecule has 1 aliphatic heterocycles. The van der Waals surface area contributed by atoms with E-state index in [0.29, 0.717) is 12.1 Å². The molecule has 0 aromatic rings. The summed E-state index contributed by atoms with van der Waals surface area (Å²) in [4.78, 5) is 2.62. The van der Waals surface area contributed by atoms with Crippen molar-refractivity contribution >= 4 is 0 Å². The van der Waals surface area contributed by atoms with Gasteiger partial charge in [-0.3, -0.25) is 4.90 Å². The van der Waals surface area contributed by atoms with Gasteiger partial charge in [-0.1, -0.05) is 26.2 Å². The van der Waals surface area contributed by atoms with Gasteiger partial charge in [0.1, 0.15) is 0 Å². The van der Waals surface area contributed by atoms with Crippen molar-refractivity contribution in [3.8, 4) is 0 Å². The van der Waals surface area contributed by atoms with Gasteiger partial charge in [0.15, 0.2) is 0 Å². The Morgan fingerprint density at radius 2 is 1.88 bits per heavy atom. The average Bonchev–Trinajstić information content (AvgIpc) is 2.34. The minimum Gasteiger partial charge on any atom is -0.376 e. The Balaban J connectivity index is 2.10. The lowest BCUT2D eigenvalue weighted by atomic mass is 10.1. The molecule has 0 radical (unpaired) electrons. The Kier molecular flexibility index (Phi) is 7.82. The molecule has 1 saturated heterocycles. The molecule has 2 N–H and O–H groups in total. The van der Waals surface area contributed by atoms with E-state index < -0.39 is 0 Å². The van der Waals surface area contributed by atoms with Gasteiger partial charge in [-0.25, -0.2) is 0 Å². The number of hydrogen-bond donors (Lipinski definition) is 1. The summed E-state index contributed by atoms with van der Waals surface area (Å²) < 4.78 is 5.72. The zero-order valence-corrected chi connectivity index (χ0v) is 11.7. The van der Waals surface area contributed by atoms with Crippen molar-refractivity contribution in [3.63, 3.8) is 0 Å². The van der Waals surface area contributed by atoms with Crippen molar-refractivity contribution in [2.75, 3.05) is 26.2 Å². The fourth-order valence-corrected chi connectivity index (χ4v) is 2.55. The topological polar surface area (TPSA) is 38.5 Å². The van der Waals surface area contributed by atoms with E-state index in [2.05, 4.69) is 18.7 Å². The molecule has 0 spiro atoms. The molecule has 1 aliphatic rings. The van der Waals surface area contributed by atoms with Crippen LogP contribution in [0.5, 0.6) is 0 Å². The third-order valence-corrected chi connectivity index (χ3v) is 3.70. The van der Waals surface area contributed by atoms with Gasteiger partial charge < -0.3 is 10.5 Å². The normalized spacial score (nSPS) is 26.3. The number of nitrogens with two attached hydrogens (primary N) is 1. The first-order valence-corrected chi connectivity index (χ1v) is 7.33. The lowest BCUT2D eigenvalue weighted by Gasteiger charge is -2.38. The highest BCUT2D eigenvalue weighted by molar-refractivity contribution is 4.77. The Labute approximate surface area is 107 Å². The summed E-state index contributed by atoms with van der Waals surface area (Å²) in [7, 11) is 0. The summed E-state index contributed by atoms with van der Waals surface area (Å²) in [5, 5.41) is 0. The van der Waals surface area contributed by atoms with E-state index >= 15 is 0 Å². The molecule has 1 fully saturated rings. The van der Waals surface area contributed by atoms with Gasteiger partial charge in [0.25, 0.3) is 0 Å². The third-order valence-electron chi connectivity index (χ3n) is 3.70. The highest BCUT2D eigenvalue weighted by Gasteiger charge is 2.24. The maximum atomic E-state index is 5.72. The second-order valence-corrected chi connectivity index (χ2v) is 5.26. The standard InChI is InChI=1S/C14H30N2O/c1-3-14-12-17-13(2)11-16(14)10-8-6-4-5-7-9-15/h13-14H,3-12,15H2,1-2H3. The summed E-state index contributed by atoms with van der Waals surface area (Å²) in [6, 6.07) is 0.648. The summed E-state index contributed by atoms with van der Waals surface area (Å²) >= 11 is 0. The largest absolute Gasteiger partial charge is 0.376 e. The van der Waals surface area contributed by atoms with E-state index in [-0.39, 0.29) is 0 Å². The zero-order valence-electron chi connectivity index (χ0n) is 11.7. The zero-order chi connectivity index (χ0) is 12.5. The lowest BCUT2D eigenvalue weighted by molar-refractivity contribution is -0.0561. The molecule has 0 aromatic heterocycles. The first kappa shape index (κ1) is 14.9. The van der Waals surface area contributed by atoms with E-state index in [9.17, 15) is 0 Å². The Hall–Kier alpha value is -0.120. The van der Waals surface area contributed by atoms with E-state index in [0.717, 1.165) is 19.7 Å². The van der Waals surface area contributed by atoms with Crippen molar-refractivity contribution in [1.82, 2.24) is 4.90 Å². The van der Waals surface area contributed by atoms with Gasteiger partial charge in [0.2, 0.25) is 0 Å². The van der Waals surface area contributed by atoms with E-state index in [1.165, 1.54) is 45.1 Å². The summed E-state index contributed by atoms with van der Waals surface area (Å²) in [6.45, 7) is 8.57. The average molecular weight is 242 g/mol. The molecule has 3 heteroatoms. The van der Waals surface area contributed by atoms with Crippen LogP contribution in [0.1, 0.15) is 52.4 Å². The maximum absolute atomic E-state index is 5.72. The summed E-state index contributed by atoms with van der Waals surface area (Å²) in [5.74, 6) is 0. The SMILES string of the molecule is CCC1COC(C)CN1CCCCCCCN. The quantitative estimate of drug-likeness (QED) is 0.664. The monoisotopic (exact) mass is 242 g/mol. The van der Waals surface area contributed by atoms with Crippen LogP contribution in [-0.4, -0.2) is 43.3 Å². The number of morpholine rings is 1. The van der Waals surface area contributed by atoms with Gasteiger partial charge in [-0.15, -0.1) is 0 Å². The van der Waals surface area contributed by atoms with E-state index in [1.54, 1.807) is 0 Å². The molecule has 1 heterocycles. The smallest absolute Gasteiger partial charge is 0.0674 e. The van der Waals surface area contributed by atoms with E-state index in [1.807, 2.05) is 0 Å². The predicted molar refractivity (Wildman–Crippen MR) is 73.2 cm³/mol. The Morgan fingerprint density at radius 1 is 1.18 bits per heavy atom. The van der Waals surface area contributed by atoms with Gasteiger partial charge in [0.05, 0.1) is 12.7 Å². The van der Waals surface area contributed by atoms with Gasteiger partial charge in [0, 0.05) is 12.6 Å². The van der Waals surface area contributed by atoms with Crippen LogP contribution < -0.4 is 5.73 Å². The number of rotatable bonds is 8.